The number of fused-ring (bicyclic) bond motifs is 1. The van der Waals surface area contributed by atoms with Crippen molar-refractivity contribution in [2.24, 2.45) is 0 Å². The molecule has 0 radical (unpaired) electrons. The van der Waals surface area contributed by atoms with Gasteiger partial charge in [0.1, 0.15) is 11.5 Å². The van der Waals surface area contributed by atoms with E-state index in [-0.39, 0.29) is 43.3 Å². The summed E-state index contributed by atoms with van der Waals surface area (Å²) in [6.07, 6.45) is 4.56. The third kappa shape index (κ3) is 4.32. The summed E-state index contributed by atoms with van der Waals surface area (Å²) < 4.78 is 17.1. The van der Waals surface area contributed by atoms with E-state index in [2.05, 4.69) is 10.3 Å². The van der Waals surface area contributed by atoms with E-state index in [4.69, 9.17) is 5.10 Å². The van der Waals surface area contributed by atoms with Gasteiger partial charge >= 0.3 is 0 Å². The SMILES string of the molecule is Cl.Cl.OCC(c1ccc(F)cc1)n1ccnc1-c1cc2n(n1)CCCNC2. The molecule has 1 aromatic carbocycles. The van der Waals surface area contributed by atoms with Gasteiger partial charge in [-0.3, -0.25) is 4.68 Å². The van der Waals surface area contributed by atoms with Crippen LogP contribution in [0.1, 0.15) is 23.7 Å². The molecule has 1 unspecified atom stereocenters. The molecule has 0 aliphatic carbocycles. The van der Waals surface area contributed by atoms with Crippen LogP contribution in [0, 0.1) is 5.82 Å². The molecule has 0 saturated carbocycles. The number of halogens is 3. The summed E-state index contributed by atoms with van der Waals surface area (Å²) in [6, 6.07) is 7.88. The van der Waals surface area contributed by atoms with E-state index in [1.807, 2.05) is 21.5 Å². The van der Waals surface area contributed by atoms with Crippen LogP contribution < -0.4 is 5.32 Å². The first-order chi connectivity index (χ1) is 12.3. The Labute approximate surface area is 169 Å². The second-order valence-electron chi connectivity index (χ2n) is 6.18. The van der Waals surface area contributed by atoms with Crippen molar-refractivity contribution in [3.8, 4) is 11.5 Å². The molecule has 0 bridgehead atoms. The number of nitrogens with one attached hydrogen (secondary N) is 1. The van der Waals surface area contributed by atoms with Gasteiger partial charge in [-0.2, -0.15) is 5.10 Å². The third-order valence-electron chi connectivity index (χ3n) is 4.55. The maximum absolute atomic E-state index is 13.2. The van der Waals surface area contributed by atoms with Crippen LogP contribution in [-0.2, 0) is 13.1 Å². The van der Waals surface area contributed by atoms with Gasteiger partial charge in [-0.15, -0.1) is 24.8 Å². The standard InChI is InChI=1S/C18H20FN5O.2ClH/c19-14-4-2-13(3-5-14)17(12-25)23-9-7-21-18(23)16-10-15-11-20-6-1-8-24(15)22-16;;/h2-5,7,9-10,17,20,25H,1,6,8,11-12H2;2*1H. The first-order valence-corrected chi connectivity index (χ1v) is 8.43. The van der Waals surface area contributed by atoms with E-state index < -0.39 is 0 Å². The molecule has 146 valence electrons. The van der Waals surface area contributed by atoms with Gasteiger partial charge in [0, 0.05) is 25.5 Å². The molecular formula is C18H22Cl2FN5O. The monoisotopic (exact) mass is 413 g/mol. The zero-order chi connectivity index (χ0) is 17.2. The molecule has 1 aliphatic heterocycles. The van der Waals surface area contributed by atoms with Gasteiger partial charge in [-0.1, -0.05) is 12.1 Å². The summed E-state index contributed by atoms with van der Waals surface area (Å²) in [4.78, 5) is 4.45. The largest absolute Gasteiger partial charge is 0.394 e. The Balaban J connectivity index is 0.00000131. The van der Waals surface area contributed by atoms with Gasteiger partial charge < -0.3 is 15.0 Å². The summed E-state index contributed by atoms with van der Waals surface area (Å²) >= 11 is 0. The molecule has 1 aliphatic rings. The fourth-order valence-electron chi connectivity index (χ4n) is 3.27. The maximum Gasteiger partial charge on any atom is 0.161 e. The minimum atomic E-state index is -0.335. The first-order valence-electron chi connectivity index (χ1n) is 8.43. The lowest BCUT2D eigenvalue weighted by molar-refractivity contribution is 0.250. The Bertz CT molecular complexity index is 842. The van der Waals surface area contributed by atoms with Gasteiger partial charge in [0.05, 0.1) is 18.3 Å². The van der Waals surface area contributed by atoms with Gasteiger partial charge in [-0.25, -0.2) is 9.37 Å². The van der Waals surface area contributed by atoms with Crippen LogP contribution >= 0.6 is 24.8 Å². The lowest BCUT2D eigenvalue weighted by atomic mass is 10.1. The number of hydrogen-bond acceptors (Lipinski definition) is 4. The third-order valence-corrected chi connectivity index (χ3v) is 4.55. The molecule has 27 heavy (non-hydrogen) atoms. The minimum absolute atomic E-state index is 0. The highest BCUT2D eigenvalue weighted by atomic mass is 35.5. The molecule has 3 heterocycles. The summed E-state index contributed by atoms with van der Waals surface area (Å²) in [5, 5.41) is 18.0. The van der Waals surface area contributed by atoms with E-state index in [0.717, 1.165) is 43.0 Å². The second kappa shape index (κ2) is 9.32. The molecular weight excluding hydrogens is 392 g/mol. The molecule has 4 rings (SSSR count). The Morgan fingerprint density at radius 2 is 2.00 bits per heavy atom. The molecule has 0 amide bonds. The minimum Gasteiger partial charge on any atom is -0.394 e. The topological polar surface area (TPSA) is 67.9 Å². The number of aliphatic hydroxyl groups is 1. The van der Waals surface area contributed by atoms with Crippen molar-refractivity contribution in [3.05, 3.63) is 59.8 Å². The Morgan fingerprint density at radius 1 is 1.22 bits per heavy atom. The lowest BCUT2D eigenvalue weighted by Gasteiger charge is -2.18. The Hall–Kier alpha value is -1.93. The number of aromatic nitrogens is 4. The highest BCUT2D eigenvalue weighted by Crippen LogP contribution is 2.26. The number of rotatable bonds is 4. The maximum atomic E-state index is 13.2. The highest BCUT2D eigenvalue weighted by molar-refractivity contribution is 5.85. The predicted octanol–water partition coefficient (Wildman–Crippen LogP) is 2.80. The van der Waals surface area contributed by atoms with E-state index in [0.29, 0.717) is 5.82 Å². The van der Waals surface area contributed by atoms with Crippen molar-refractivity contribution in [1.29, 1.82) is 0 Å². The van der Waals surface area contributed by atoms with Crippen LogP contribution in [-0.4, -0.2) is 37.6 Å². The van der Waals surface area contributed by atoms with E-state index in [9.17, 15) is 9.50 Å². The predicted molar refractivity (Wildman–Crippen MR) is 106 cm³/mol. The smallest absolute Gasteiger partial charge is 0.161 e. The van der Waals surface area contributed by atoms with Gasteiger partial charge in [0.2, 0.25) is 0 Å². The summed E-state index contributed by atoms with van der Waals surface area (Å²) in [7, 11) is 0. The molecule has 0 spiro atoms. The number of benzene rings is 1. The van der Waals surface area contributed by atoms with Crippen molar-refractivity contribution in [1.82, 2.24) is 24.6 Å². The van der Waals surface area contributed by atoms with E-state index >= 15 is 0 Å². The van der Waals surface area contributed by atoms with Crippen LogP contribution in [0.5, 0.6) is 0 Å². The Morgan fingerprint density at radius 3 is 2.74 bits per heavy atom. The summed E-state index contributed by atoms with van der Waals surface area (Å²) in [5.74, 6) is 0.403. The van der Waals surface area contributed by atoms with E-state index in [1.54, 1.807) is 18.3 Å². The lowest BCUT2D eigenvalue weighted by Crippen LogP contribution is -2.15. The highest BCUT2D eigenvalue weighted by Gasteiger charge is 2.20. The molecule has 0 fully saturated rings. The normalized spacial score (nSPS) is 14.4. The van der Waals surface area contributed by atoms with Gasteiger partial charge in [-0.05, 0) is 36.7 Å². The average molecular weight is 414 g/mol. The van der Waals surface area contributed by atoms with Crippen molar-refractivity contribution >= 4 is 24.8 Å². The van der Waals surface area contributed by atoms with Crippen LogP contribution in [0.2, 0.25) is 0 Å². The van der Waals surface area contributed by atoms with Crippen LogP contribution in [0.25, 0.3) is 11.5 Å². The second-order valence-corrected chi connectivity index (χ2v) is 6.18. The number of imidazole rings is 1. The molecule has 2 aromatic heterocycles. The number of nitrogens with zero attached hydrogens (tertiary/aromatic N) is 4. The van der Waals surface area contributed by atoms with Crippen LogP contribution in [0.4, 0.5) is 4.39 Å². The van der Waals surface area contributed by atoms with Crippen molar-refractivity contribution in [2.45, 2.75) is 25.6 Å². The van der Waals surface area contributed by atoms with Crippen LogP contribution in [0.3, 0.4) is 0 Å². The van der Waals surface area contributed by atoms with Crippen molar-refractivity contribution in [2.75, 3.05) is 13.2 Å². The molecule has 9 heteroatoms. The number of aryl methyl sites for hydroxylation is 1. The quantitative estimate of drug-likeness (QED) is 0.689. The molecule has 1 atom stereocenters. The van der Waals surface area contributed by atoms with Gasteiger partial charge in [0.15, 0.2) is 5.82 Å². The van der Waals surface area contributed by atoms with Crippen molar-refractivity contribution < 1.29 is 9.50 Å². The summed E-state index contributed by atoms with van der Waals surface area (Å²) in [6.45, 7) is 2.55. The Kier molecular flexibility index (Phi) is 7.38. The zero-order valence-electron chi connectivity index (χ0n) is 14.6. The molecule has 0 saturated heterocycles. The molecule has 3 aromatic rings. The number of aliphatic hydroxyl groups excluding tert-OH is 1. The number of hydrogen-bond donors (Lipinski definition) is 2. The average Bonchev–Trinajstić information content (AvgIpc) is 3.19. The van der Waals surface area contributed by atoms with Crippen molar-refractivity contribution in [3.63, 3.8) is 0 Å². The summed E-state index contributed by atoms with van der Waals surface area (Å²) in [5.41, 5.74) is 2.74. The fraction of sp³-hybridized carbons (Fsp3) is 0.333. The van der Waals surface area contributed by atoms with Gasteiger partial charge in [0.25, 0.3) is 0 Å². The molecule has 6 nitrogen and oxygen atoms in total. The zero-order valence-corrected chi connectivity index (χ0v) is 16.2. The molecule has 2 N–H and O–H groups in total. The van der Waals surface area contributed by atoms with Crippen LogP contribution in [0.15, 0.2) is 42.7 Å². The first kappa shape index (κ1) is 21.4. The van der Waals surface area contributed by atoms with E-state index in [1.165, 1.54) is 12.1 Å². The fourth-order valence-corrected chi connectivity index (χ4v) is 3.27.